The molecule has 3 aliphatic heterocycles. The lowest BCUT2D eigenvalue weighted by molar-refractivity contribution is -0.134. The van der Waals surface area contributed by atoms with E-state index in [4.69, 9.17) is 0 Å². The number of likely N-dealkylation sites (tertiary alicyclic amines) is 1. The first-order valence-corrected chi connectivity index (χ1v) is 10.6. The molecule has 2 amide bonds. The van der Waals surface area contributed by atoms with Gasteiger partial charge in [-0.05, 0) is 81.2 Å². The van der Waals surface area contributed by atoms with Crippen LogP contribution in [0, 0.1) is 5.92 Å². The Morgan fingerprint density at radius 2 is 1.54 bits per heavy atom. The number of nitrogens with zero attached hydrogens (tertiary/aromatic N) is 1. The number of amides is 2. The summed E-state index contributed by atoms with van der Waals surface area (Å²) in [7, 11) is 0. The van der Waals surface area contributed by atoms with Crippen LogP contribution in [-0.2, 0) is 9.59 Å². The van der Waals surface area contributed by atoms with Gasteiger partial charge in [-0.1, -0.05) is 24.3 Å². The molecule has 5 nitrogen and oxygen atoms in total. The van der Waals surface area contributed by atoms with Crippen LogP contribution in [0.25, 0.3) is 0 Å². The predicted octanol–water partition coefficient (Wildman–Crippen LogP) is 2.81. The highest BCUT2D eigenvalue weighted by Crippen LogP contribution is 2.31. The van der Waals surface area contributed by atoms with Crippen molar-refractivity contribution in [3.63, 3.8) is 0 Å². The molecule has 1 unspecified atom stereocenters. The molecule has 1 aromatic rings. The first kappa shape index (κ1) is 21.3. The van der Waals surface area contributed by atoms with Gasteiger partial charge in [0.1, 0.15) is 0 Å². The Bertz CT molecular complexity index is 665. The third kappa shape index (κ3) is 5.13. The van der Waals surface area contributed by atoms with Crippen molar-refractivity contribution in [2.24, 2.45) is 5.92 Å². The minimum Gasteiger partial charge on any atom is -0.317 e. The van der Waals surface area contributed by atoms with Crippen molar-refractivity contribution in [1.82, 2.24) is 15.5 Å². The van der Waals surface area contributed by atoms with Crippen LogP contribution in [0.15, 0.2) is 24.3 Å². The first-order valence-electron chi connectivity index (χ1n) is 10.6. The molecule has 2 N–H and O–H groups in total. The molecule has 0 spiro atoms. The Labute approximate surface area is 174 Å². The number of piperidine rings is 3. The van der Waals surface area contributed by atoms with E-state index in [1.54, 1.807) is 0 Å². The van der Waals surface area contributed by atoms with E-state index in [-0.39, 0.29) is 30.1 Å². The molecule has 3 fully saturated rings. The molecule has 1 aromatic carbocycles. The van der Waals surface area contributed by atoms with Crippen molar-refractivity contribution in [3.05, 3.63) is 35.4 Å². The number of hydrogen-bond acceptors (Lipinski definition) is 4. The highest BCUT2D eigenvalue weighted by molar-refractivity contribution is 6.00. The van der Waals surface area contributed by atoms with Crippen molar-refractivity contribution in [1.29, 1.82) is 0 Å². The van der Waals surface area contributed by atoms with Crippen LogP contribution in [0.1, 0.15) is 61.5 Å². The first-order chi connectivity index (χ1) is 13.2. The average Bonchev–Trinajstić information content (AvgIpc) is 2.70. The molecule has 28 heavy (non-hydrogen) atoms. The molecule has 0 bridgehead atoms. The molecule has 154 valence electrons. The molecule has 0 radical (unpaired) electrons. The quantitative estimate of drug-likeness (QED) is 0.756. The number of carbonyl (C=O) groups is 2. The minimum absolute atomic E-state index is 0. The number of hydrogen-bond donors (Lipinski definition) is 2. The van der Waals surface area contributed by atoms with Crippen molar-refractivity contribution in [2.75, 3.05) is 32.7 Å². The molecule has 0 aromatic heterocycles. The van der Waals surface area contributed by atoms with Gasteiger partial charge in [-0.2, -0.15) is 0 Å². The Hall–Kier alpha value is -1.43. The maximum Gasteiger partial charge on any atom is 0.234 e. The van der Waals surface area contributed by atoms with Crippen molar-refractivity contribution in [3.8, 4) is 0 Å². The molecule has 3 saturated heterocycles. The van der Waals surface area contributed by atoms with Crippen LogP contribution in [0.2, 0.25) is 0 Å². The number of benzene rings is 1. The zero-order valence-corrected chi connectivity index (χ0v) is 17.3. The summed E-state index contributed by atoms with van der Waals surface area (Å²) < 4.78 is 0. The van der Waals surface area contributed by atoms with Gasteiger partial charge >= 0.3 is 0 Å². The number of nitrogens with one attached hydrogen (secondary N) is 2. The summed E-state index contributed by atoms with van der Waals surface area (Å²) in [6, 6.07) is 8.59. The second-order valence-electron chi connectivity index (χ2n) is 8.44. The number of imide groups is 1. The summed E-state index contributed by atoms with van der Waals surface area (Å²) in [5, 5.41) is 5.91. The van der Waals surface area contributed by atoms with Crippen LogP contribution in [-0.4, -0.2) is 49.4 Å². The van der Waals surface area contributed by atoms with Gasteiger partial charge in [-0.25, -0.2) is 0 Å². The molecule has 3 aliphatic rings. The van der Waals surface area contributed by atoms with Crippen LogP contribution in [0.5, 0.6) is 0 Å². The maximum absolute atomic E-state index is 12.0. The van der Waals surface area contributed by atoms with Gasteiger partial charge in [0.2, 0.25) is 11.8 Å². The molecular weight excluding hydrogens is 374 g/mol. The van der Waals surface area contributed by atoms with Crippen LogP contribution >= 0.6 is 12.4 Å². The SMILES string of the molecule is Cl.O=C1CCC(c2ccc(C3CCN(CC4CCNCC4)CC3)cc2)C(=O)N1. The number of halogens is 1. The van der Waals surface area contributed by atoms with E-state index in [2.05, 4.69) is 39.8 Å². The standard InChI is InChI=1S/C22H31N3O2.ClH/c26-21-6-5-20(22(27)24-21)19-3-1-17(2-4-19)18-9-13-25(14-10-18)15-16-7-11-23-12-8-16;/h1-4,16,18,20,23H,5-15H2,(H,24,26,27);1H. The summed E-state index contributed by atoms with van der Waals surface area (Å²) in [5.74, 6) is 1.03. The third-order valence-corrected chi connectivity index (χ3v) is 6.61. The fourth-order valence-corrected chi connectivity index (χ4v) is 4.89. The molecule has 3 heterocycles. The number of carbonyl (C=O) groups excluding carboxylic acids is 2. The van der Waals surface area contributed by atoms with E-state index in [9.17, 15) is 9.59 Å². The smallest absolute Gasteiger partial charge is 0.234 e. The van der Waals surface area contributed by atoms with E-state index in [0.29, 0.717) is 18.8 Å². The maximum atomic E-state index is 12.0. The lowest BCUT2D eigenvalue weighted by atomic mass is 9.85. The third-order valence-electron chi connectivity index (χ3n) is 6.61. The van der Waals surface area contributed by atoms with Gasteiger partial charge in [0.05, 0.1) is 5.92 Å². The fraction of sp³-hybridized carbons (Fsp3) is 0.636. The highest BCUT2D eigenvalue weighted by atomic mass is 35.5. The fourth-order valence-electron chi connectivity index (χ4n) is 4.89. The normalized spacial score (nSPS) is 25.2. The summed E-state index contributed by atoms with van der Waals surface area (Å²) >= 11 is 0. The Morgan fingerprint density at radius 1 is 0.893 bits per heavy atom. The lowest BCUT2D eigenvalue weighted by Crippen LogP contribution is -2.40. The van der Waals surface area contributed by atoms with Crippen molar-refractivity contribution >= 4 is 24.2 Å². The van der Waals surface area contributed by atoms with Crippen LogP contribution in [0.4, 0.5) is 0 Å². The molecule has 4 rings (SSSR count). The Kier molecular flexibility index (Phi) is 7.49. The number of rotatable bonds is 4. The van der Waals surface area contributed by atoms with Crippen molar-refractivity contribution < 1.29 is 9.59 Å². The Morgan fingerprint density at radius 3 is 2.18 bits per heavy atom. The van der Waals surface area contributed by atoms with Gasteiger partial charge in [0.15, 0.2) is 0 Å². The monoisotopic (exact) mass is 405 g/mol. The van der Waals surface area contributed by atoms with E-state index < -0.39 is 0 Å². The summed E-state index contributed by atoms with van der Waals surface area (Å²) in [6.45, 7) is 6.02. The lowest BCUT2D eigenvalue weighted by Gasteiger charge is -2.35. The molecule has 0 aliphatic carbocycles. The second kappa shape index (κ2) is 9.86. The molecular formula is C22H32ClN3O2. The van der Waals surface area contributed by atoms with E-state index in [1.807, 2.05) is 0 Å². The minimum atomic E-state index is -0.177. The van der Waals surface area contributed by atoms with Gasteiger partial charge in [0, 0.05) is 13.0 Å². The van der Waals surface area contributed by atoms with Gasteiger partial charge in [0.25, 0.3) is 0 Å². The van der Waals surface area contributed by atoms with Crippen LogP contribution < -0.4 is 10.6 Å². The average molecular weight is 406 g/mol. The van der Waals surface area contributed by atoms with E-state index in [1.165, 1.54) is 64.0 Å². The summed E-state index contributed by atoms with van der Waals surface area (Å²) in [5.41, 5.74) is 2.43. The topological polar surface area (TPSA) is 61.4 Å². The summed E-state index contributed by atoms with van der Waals surface area (Å²) in [6.07, 6.45) is 6.15. The second-order valence-corrected chi connectivity index (χ2v) is 8.44. The van der Waals surface area contributed by atoms with Gasteiger partial charge in [-0.15, -0.1) is 12.4 Å². The van der Waals surface area contributed by atoms with Crippen molar-refractivity contribution in [2.45, 2.75) is 50.4 Å². The highest BCUT2D eigenvalue weighted by Gasteiger charge is 2.28. The Balaban J connectivity index is 0.00000225. The molecule has 6 heteroatoms. The van der Waals surface area contributed by atoms with E-state index in [0.717, 1.165) is 11.5 Å². The zero-order valence-electron chi connectivity index (χ0n) is 16.5. The van der Waals surface area contributed by atoms with E-state index >= 15 is 0 Å². The zero-order chi connectivity index (χ0) is 18.6. The van der Waals surface area contributed by atoms with Crippen LogP contribution in [0.3, 0.4) is 0 Å². The predicted molar refractivity (Wildman–Crippen MR) is 113 cm³/mol. The molecule has 1 atom stereocenters. The largest absolute Gasteiger partial charge is 0.317 e. The summed E-state index contributed by atoms with van der Waals surface area (Å²) in [4.78, 5) is 26.0. The molecule has 0 saturated carbocycles. The van der Waals surface area contributed by atoms with Gasteiger partial charge < -0.3 is 10.2 Å². The van der Waals surface area contributed by atoms with Gasteiger partial charge in [-0.3, -0.25) is 14.9 Å².